The molecule has 5 nitrogen and oxygen atoms in total. The number of anilines is 1. The van der Waals surface area contributed by atoms with Crippen molar-refractivity contribution in [1.82, 2.24) is 15.0 Å². The van der Waals surface area contributed by atoms with Gasteiger partial charge in [0, 0.05) is 0 Å². The summed E-state index contributed by atoms with van der Waals surface area (Å²) in [6, 6.07) is 6.05. The molecule has 0 spiro atoms. The van der Waals surface area contributed by atoms with E-state index in [1.54, 1.807) is 19.1 Å². The average Bonchev–Trinajstić information content (AvgIpc) is 2.60. The van der Waals surface area contributed by atoms with E-state index in [4.69, 9.17) is 5.73 Å². The summed E-state index contributed by atoms with van der Waals surface area (Å²) in [5, 5.41) is 7.53. The number of ether oxygens (including phenoxy) is 1. The van der Waals surface area contributed by atoms with Gasteiger partial charge in [-0.1, -0.05) is 5.21 Å². The highest BCUT2D eigenvalue weighted by Crippen LogP contribution is 2.18. The first-order valence-electron chi connectivity index (χ1n) is 4.81. The molecule has 17 heavy (non-hydrogen) atoms. The number of nitrogen functional groups attached to an aromatic ring is 1. The second kappa shape index (κ2) is 4.36. The molecule has 0 aliphatic rings. The van der Waals surface area contributed by atoms with Gasteiger partial charge in [-0.3, -0.25) is 0 Å². The van der Waals surface area contributed by atoms with Gasteiger partial charge in [-0.05, 0) is 31.2 Å². The predicted molar refractivity (Wildman–Crippen MR) is 57.1 cm³/mol. The van der Waals surface area contributed by atoms with Crippen LogP contribution in [0.15, 0.2) is 24.3 Å². The lowest BCUT2D eigenvalue weighted by Gasteiger charge is -2.06. The second-order valence-corrected chi connectivity index (χ2v) is 3.34. The summed E-state index contributed by atoms with van der Waals surface area (Å²) in [6.45, 7) is -1.07. The molecule has 0 fully saturated rings. The van der Waals surface area contributed by atoms with Crippen molar-refractivity contribution in [3.8, 4) is 11.4 Å². The minimum Gasteiger partial charge on any atom is -0.435 e. The molecule has 7 heteroatoms. The molecule has 0 unspecified atom stereocenters. The van der Waals surface area contributed by atoms with E-state index in [0.29, 0.717) is 17.2 Å². The van der Waals surface area contributed by atoms with E-state index in [-0.39, 0.29) is 5.75 Å². The van der Waals surface area contributed by atoms with Crippen molar-refractivity contribution in [1.29, 1.82) is 0 Å². The Morgan fingerprint density at radius 3 is 2.41 bits per heavy atom. The van der Waals surface area contributed by atoms with Crippen molar-refractivity contribution in [2.45, 2.75) is 13.5 Å². The van der Waals surface area contributed by atoms with Gasteiger partial charge in [-0.15, -0.1) is 5.10 Å². The fourth-order valence-electron chi connectivity index (χ4n) is 1.35. The van der Waals surface area contributed by atoms with E-state index in [2.05, 4.69) is 15.0 Å². The van der Waals surface area contributed by atoms with Crippen LogP contribution >= 0.6 is 0 Å². The number of nitrogens with zero attached hydrogens (tertiary/aromatic N) is 3. The molecule has 0 radical (unpaired) electrons. The third-order valence-electron chi connectivity index (χ3n) is 2.24. The molecule has 1 heterocycles. The molecular weight excluding hydrogens is 230 g/mol. The van der Waals surface area contributed by atoms with E-state index in [1.165, 1.54) is 16.8 Å². The molecule has 0 saturated heterocycles. The standard InChI is InChI=1S/C10H10F2N4O/c1-6-9(13)14-15-16(6)7-2-4-8(5-3-7)17-10(11)12/h2-5,10H,13H2,1H3. The van der Waals surface area contributed by atoms with Crippen molar-refractivity contribution < 1.29 is 13.5 Å². The first kappa shape index (κ1) is 11.3. The molecule has 0 aliphatic carbocycles. The molecule has 0 amide bonds. The van der Waals surface area contributed by atoms with Crippen LogP contribution in [0.2, 0.25) is 0 Å². The minimum atomic E-state index is -2.83. The Hall–Kier alpha value is -2.18. The van der Waals surface area contributed by atoms with E-state index < -0.39 is 6.61 Å². The van der Waals surface area contributed by atoms with Crippen molar-refractivity contribution in [2.75, 3.05) is 5.73 Å². The number of alkyl halides is 2. The van der Waals surface area contributed by atoms with E-state index in [1.807, 2.05) is 0 Å². The summed E-state index contributed by atoms with van der Waals surface area (Å²) in [7, 11) is 0. The molecule has 2 rings (SSSR count). The Labute approximate surface area is 95.8 Å². The highest BCUT2D eigenvalue weighted by molar-refractivity contribution is 5.42. The van der Waals surface area contributed by atoms with Gasteiger partial charge in [0.05, 0.1) is 11.4 Å². The summed E-state index contributed by atoms with van der Waals surface area (Å²) >= 11 is 0. The molecule has 0 atom stereocenters. The van der Waals surface area contributed by atoms with Gasteiger partial charge in [-0.2, -0.15) is 8.78 Å². The molecule has 0 aliphatic heterocycles. The van der Waals surface area contributed by atoms with Crippen molar-refractivity contribution in [3.05, 3.63) is 30.0 Å². The van der Waals surface area contributed by atoms with Crippen LogP contribution < -0.4 is 10.5 Å². The number of halogens is 2. The molecule has 1 aromatic heterocycles. The number of benzene rings is 1. The van der Waals surface area contributed by atoms with Gasteiger partial charge in [0.2, 0.25) is 0 Å². The van der Waals surface area contributed by atoms with Gasteiger partial charge >= 0.3 is 6.61 Å². The zero-order valence-corrected chi connectivity index (χ0v) is 8.97. The van der Waals surface area contributed by atoms with Gasteiger partial charge in [-0.25, -0.2) is 4.68 Å². The Morgan fingerprint density at radius 1 is 1.29 bits per heavy atom. The van der Waals surface area contributed by atoms with Crippen molar-refractivity contribution in [2.24, 2.45) is 0 Å². The van der Waals surface area contributed by atoms with Crippen molar-refractivity contribution in [3.63, 3.8) is 0 Å². The smallest absolute Gasteiger partial charge is 0.387 e. The monoisotopic (exact) mass is 240 g/mol. The van der Waals surface area contributed by atoms with Crippen LogP contribution in [0.4, 0.5) is 14.6 Å². The van der Waals surface area contributed by atoms with Crippen LogP contribution in [0.5, 0.6) is 5.75 Å². The predicted octanol–water partition coefficient (Wildman–Crippen LogP) is 1.76. The van der Waals surface area contributed by atoms with E-state index >= 15 is 0 Å². The lowest BCUT2D eigenvalue weighted by atomic mass is 10.3. The zero-order chi connectivity index (χ0) is 12.4. The maximum atomic E-state index is 11.9. The van der Waals surface area contributed by atoms with Crippen LogP contribution in [0.3, 0.4) is 0 Å². The number of rotatable bonds is 3. The quantitative estimate of drug-likeness (QED) is 0.887. The van der Waals surface area contributed by atoms with Gasteiger partial charge in [0.1, 0.15) is 5.75 Å². The average molecular weight is 240 g/mol. The van der Waals surface area contributed by atoms with Crippen LogP contribution in [0.1, 0.15) is 5.69 Å². The molecule has 2 aromatic rings. The largest absolute Gasteiger partial charge is 0.435 e. The Morgan fingerprint density at radius 2 is 1.94 bits per heavy atom. The van der Waals surface area contributed by atoms with Crippen LogP contribution in [-0.2, 0) is 0 Å². The van der Waals surface area contributed by atoms with E-state index in [9.17, 15) is 8.78 Å². The highest BCUT2D eigenvalue weighted by atomic mass is 19.3. The SMILES string of the molecule is Cc1c(N)nnn1-c1ccc(OC(F)F)cc1. The highest BCUT2D eigenvalue weighted by Gasteiger charge is 2.08. The third kappa shape index (κ3) is 2.32. The molecule has 0 bridgehead atoms. The number of nitrogens with two attached hydrogens (primary N) is 1. The Bertz CT molecular complexity index is 510. The summed E-state index contributed by atoms with van der Waals surface area (Å²) in [4.78, 5) is 0. The first-order chi connectivity index (χ1) is 8.08. The Balaban J connectivity index is 2.26. The molecule has 2 N–H and O–H groups in total. The summed E-state index contributed by atoms with van der Waals surface area (Å²) in [5.74, 6) is 0.424. The normalized spacial score (nSPS) is 10.8. The summed E-state index contributed by atoms with van der Waals surface area (Å²) in [5.41, 5.74) is 6.92. The third-order valence-corrected chi connectivity index (χ3v) is 2.24. The lowest BCUT2D eigenvalue weighted by molar-refractivity contribution is -0.0498. The van der Waals surface area contributed by atoms with Crippen LogP contribution in [0, 0.1) is 6.92 Å². The van der Waals surface area contributed by atoms with Gasteiger partial charge in [0.25, 0.3) is 0 Å². The maximum absolute atomic E-state index is 11.9. The van der Waals surface area contributed by atoms with Gasteiger partial charge in [0.15, 0.2) is 5.82 Å². The first-order valence-corrected chi connectivity index (χ1v) is 4.81. The molecular formula is C10H10F2N4O. The lowest BCUT2D eigenvalue weighted by Crippen LogP contribution is -2.03. The maximum Gasteiger partial charge on any atom is 0.387 e. The minimum absolute atomic E-state index is 0.0921. The molecule has 90 valence electrons. The molecule has 1 aromatic carbocycles. The van der Waals surface area contributed by atoms with Crippen LogP contribution in [-0.4, -0.2) is 21.6 Å². The number of hydrogen-bond acceptors (Lipinski definition) is 4. The van der Waals surface area contributed by atoms with Crippen molar-refractivity contribution >= 4 is 5.82 Å². The number of hydrogen-bond donors (Lipinski definition) is 1. The second-order valence-electron chi connectivity index (χ2n) is 3.34. The van der Waals surface area contributed by atoms with Crippen LogP contribution in [0.25, 0.3) is 5.69 Å². The zero-order valence-electron chi connectivity index (χ0n) is 8.97. The van der Waals surface area contributed by atoms with Gasteiger partial charge < -0.3 is 10.5 Å². The number of aromatic nitrogens is 3. The topological polar surface area (TPSA) is 66.0 Å². The van der Waals surface area contributed by atoms with E-state index in [0.717, 1.165) is 0 Å². The summed E-state index contributed by atoms with van der Waals surface area (Å²) < 4.78 is 29.6. The summed E-state index contributed by atoms with van der Waals surface area (Å²) in [6.07, 6.45) is 0. The Kier molecular flexibility index (Phi) is 2.90. The fourth-order valence-corrected chi connectivity index (χ4v) is 1.35. The molecule has 0 saturated carbocycles. The fraction of sp³-hybridized carbons (Fsp3) is 0.200.